The second-order valence-electron chi connectivity index (χ2n) is 15.4. The smallest absolute Gasteiger partial charge is 0.135 e. The van der Waals surface area contributed by atoms with Gasteiger partial charge in [-0.2, -0.15) is 0 Å². The summed E-state index contributed by atoms with van der Waals surface area (Å²) in [7, 11) is 0. The van der Waals surface area contributed by atoms with Gasteiger partial charge in [-0.25, -0.2) is 0 Å². The van der Waals surface area contributed by atoms with E-state index in [4.69, 9.17) is 4.42 Å². The van der Waals surface area contributed by atoms with E-state index >= 15 is 0 Å². The molecule has 3 heteroatoms. The van der Waals surface area contributed by atoms with E-state index in [-0.39, 0.29) is 5.41 Å². The van der Waals surface area contributed by atoms with Crippen LogP contribution in [-0.2, 0) is 5.41 Å². The summed E-state index contributed by atoms with van der Waals surface area (Å²) in [5.74, 6) is 0. The van der Waals surface area contributed by atoms with Gasteiger partial charge in [0.1, 0.15) is 11.2 Å². The van der Waals surface area contributed by atoms with Gasteiger partial charge in [-0.05, 0) is 118 Å². The van der Waals surface area contributed by atoms with Gasteiger partial charge in [0.15, 0.2) is 0 Å². The summed E-state index contributed by atoms with van der Waals surface area (Å²) >= 11 is 0. The fourth-order valence-corrected chi connectivity index (χ4v) is 9.51. The highest BCUT2D eigenvalue weighted by Crippen LogP contribution is 2.53. The van der Waals surface area contributed by atoms with Crippen molar-refractivity contribution < 1.29 is 4.42 Å². The number of para-hydroxylation sites is 4. The SMILES string of the molecule is CC1(C)c2cc3oc4ccc(-c5ccc6c(c5)c5ccccc5n6-c5ccccc5)cc4c3cc2-c2cc3c4ccccc4n(-c4ccccc4)c3cc21. The molecule has 8 aromatic carbocycles. The Bertz CT molecular complexity index is 3340. The molecular weight excluding hydrogens is 657 g/mol. The first-order chi connectivity index (χ1) is 26.5. The first kappa shape index (κ1) is 29.7. The Morgan fingerprint density at radius 3 is 1.52 bits per heavy atom. The number of fused-ring (bicyclic) bond motifs is 12. The molecule has 0 N–H and O–H groups in total. The summed E-state index contributed by atoms with van der Waals surface area (Å²) < 4.78 is 11.4. The predicted molar refractivity (Wildman–Crippen MR) is 225 cm³/mol. The third kappa shape index (κ3) is 3.96. The topological polar surface area (TPSA) is 23.0 Å². The second-order valence-corrected chi connectivity index (χ2v) is 15.4. The van der Waals surface area contributed by atoms with Gasteiger partial charge in [-0.15, -0.1) is 0 Å². The van der Waals surface area contributed by atoms with E-state index < -0.39 is 0 Å². The monoisotopic (exact) mass is 690 g/mol. The minimum absolute atomic E-state index is 0.191. The van der Waals surface area contributed by atoms with Crippen LogP contribution in [0, 0.1) is 0 Å². The van der Waals surface area contributed by atoms with Crippen LogP contribution in [0.15, 0.2) is 174 Å². The molecule has 0 amide bonds. The zero-order valence-electron chi connectivity index (χ0n) is 30.0. The number of nitrogens with zero attached hydrogens (tertiary/aromatic N) is 2. The van der Waals surface area contributed by atoms with Gasteiger partial charge in [0.2, 0.25) is 0 Å². The molecule has 0 atom stereocenters. The maximum atomic E-state index is 6.63. The van der Waals surface area contributed by atoms with Crippen molar-refractivity contribution in [3.8, 4) is 33.6 Å². The molecule has 1 aliphatic carbocycles. The van der Waals surface area contributed by atoms with Crippen molar-refractivity contribution in [2.24, 2.45) is 0 Å². The fraction of sp³-hybridized carbons (Fsp3) is 0.0588. The first-order valence-corrected chi connectivity index (χ1v) is 18.8. The summed E-state index contributed by atoms with van der Waals surface area (Å²) in [4.78, 5) is 0. The van der Waals surface area contributed by atoms with Crippen molar-refractivity contribution in [1.29, 1.82) is 0 Å². The molecule has 3 heterocycles. The van der Waals surface area contributed by atoms with E-state index in [2.05, 4.69) is 193 Å². The minimum atomic E-state index is -0.191. The highest BCUT2D eigenvalue weighted by Gasteiger charge is 2.37. The summed E-state index contributed by atoms with van der Waals surface area (Å²) in [5, 5.41) is 7.36. The molecule has 0 spiro atoms. The highest BCUT2D eigenvalue weighted by molar-refractivity contribution is 6.14. The summed E-state index contributed by atoms with van der Waals surface area (Å²) in [5.41, 5.74) is 16.5. The number of benzene rings is 8. The van der Waals surface area contributed by atoms with E-state index in [1.54, 1.807) is 0 Å². The van der Waals surface area contributed by atoms with Crippen molar-refractivity contribution in [3.05, 3.63) is 181 Å². The van der Waals surface area contributed by atoms with Crippen LogP contribution >= 0.6 is 0 Å². The third-order valence-electron chi connectivity index (χ3n) is 12.1. The Morgan fingerprint density at radius 1 is 0.370 bits per heavy atom. The van der Waals surface area contributed by atoms with Gasteiger partial charge < -0.3 is 13.6 Å². The van der Waals surface area contributed by atoms with Crippen LogP contribution in [0.3, 0.4) is 0 Å². The molecule has 11 aromatic rings. The molecule has 0 saturated heterocycles. The lowest BCUT2D eigenvalue weighted by molar-refractivity contribution is 0.647. The van der Waals surface area contributed by atoms with Gasteiger partial charge in [0.05, 0.1) is 22.1 Å². The molecule has 0 bridgehead atoms. The normalized spacial score (nSPS) is 13.5. The van der Waals surface area contributed by atoms with Crippen molar-refractivity contribution in [1.82, 2.24) is 9.13 Å². The zero-order chi connectivity index (χ0) is 35.7. The average Bonchev–Trinajstić information content (AvgIpc) is 3.91. The number of hydrogen-bond acceptors (Lipinski definition) is 1. The lowest BCUT2D eigenvalue weighted by atomic mass is 9.82. The first-order valence-electron chi connectivity index (χ1n) is 18.8. The van der Waals surface area contributed by atoms with Crippen molar-refractivity contribution in [3.63, 3.8) is 0 Å². The molecule has 3 aromatic heterocycles. The van der Waals surface area contributed by atoms with E-state index in [1.807, 2.05) is 0 Å². The van der Waals surface area contributed by atoms with Gasteiger partial charge in [-0.1, -0.05) is 98.8 Å². The second kappa shape index (κ2) is 10.6. The maximum absolute atomic E-state index is 6.63. The Morgan fingerprint density at radius 2 is 0.852 bits per heavy atom. The Hall–Kier alpha value is -6.84. The van der Waals surface area contributed by atoms with E-state index in [1.165, 1.54) is 88.4 Å². The van der Waals surface area contributed by atoms with Crippen LogP contribution in [0.1, 0.15) is 25.0 Å². The molecule has 254 valence electrons. The maximum Gasteiger partial charge on any atom is 0.135 e. The van der Waals surface area contributed by atoms with Crippen LogP contribution < -0.4 is 0 Å². The molecule has 0 unspecified atom stereocenters. The van der Waals surface area contributed by atoms with E-state index in [0.29, 0.717) is 0 Å². The van der Waals surface area contributed by atoms with Gasteiger partial charge in [-0.3, -0.25) is 0 Å². The summed E-state index contributed by atoms with van der Waals surface area (Å²) in [6, 6.07) is 62.0. The lowest BCUT2D eigenvalue weighted by Gasteiger charge is -2.21. The van der Waals surface area contributed by atoms with Crippen LogP contribution in [-0.4, -0.2) is 9.13 Å². The van der Waals surface area contributed by atoms with Crippen LogP contribution in [0.2, 0.25) is 0 Å². The third-order valence-corrected chi connectivity index (χ3v) is 12.1. The minimum Gasteiger partial charge on any atom is -0.456 e. The van der Waals surface area contributed by atoms with E-state index in [0.717, 1.165) is 21.9 Å². The lowest BCUT2D eigenvalue weighted by Crippen LogP contribution is -2.15. The Kier molecular flexibility index (Phi) is 5.84. The van der Waals surface area contributed by atoms with Crippen molar-refractivity contribution >= 4 is 65.6 Å². The van der Waals surface area contributed by atoms with Crippen molar-refractivity contribution in [2.75, 3.05) is 0 Å². The van der Waals surface area contributed by atoms with Gasteiger partial charge in [0.25, 0.3) is 0 Å². The number of furan rings is 1. The molecule has 0 saturated carbocycles. The van der Waals surface area contributed by atoms with Crippen LogP contribution in [0.5, 0.6) is 0 Å². The fourth-order valence-electron chi connectivity index (χ4n) is 9.51. The largest absolute Gasteiger partial charge is 0.456 e. The molecule has 0 aliphatic heterocycles. The predicted octanol–water partition coefficient (Wildman–Crippen LogP) is 13.8. The number of rotatable bonds is 3. The average molecular weight is 691 g/mol. The van der Waals surface area contributed by atoms with Gasteiger partial charge in [0, 0.05) is 49.1 Å². The molecular formula is C51H34N2O. The molecule has 3 nitrogen and oxygen atoms in total. The number of hydrogen-bond donors (Lipinski definition) is 0. The highest BCUT2D eigenvalue weighted by atomic mass is 16.3. The quantitative estimate of drug-likeness (QED) is 0.181. The molecule has 12 rings (SSSR count). The molecule has 0 fully saturated rings. The van der Waals surface area contributed by atoms with Crippen molar-refractivity contribution in [2.45, 2.75) is 19.3 Å². The van der Waals surface area contributed by atoms with Crippen LogP contribution in [0.25, 0.3) is 99.2 Å². The zero-order valence-corrected chi connectivity index (χ0v) is 30.0. The van der Waals surface area contributed by atoms with Crippen LogP contribution in [0.4, 0.5) is 0 Å². The van der Waals surface area contributed by atoms with Gasteiger partial charge >= 0.3 is 0 Å². The summed E-state index contributed by atoms with van der Waals surface area (Å²) in [6.07, 6.45) is 0. The number of aromatic nitrogens is 2. The standard InChI is InChI=1S/C51H34N2O/c1-51(2)43-29-48-40(36-18-10-12-20-46(36)53(48)34-15-7-4-8-16-34)27-37(43)38-28-42-41-26-32(22-24-49(41)54-50(42)30-44(38)51)31-21-23-47-39(25-31)35-17-9-11-19-45(35)52(47)33-13-5-3-6-14-33/h3-30H,1-2H3. The Balaban J connectivity index is 1.04. The molecule has 1 aliphatic rings. The summed E-state index contributed by atoms with van der Waals surface area (Å²) in [6.45, 7) is 4.72. The molecule has 0 radical (unpaired) electrons. The Labute approximate surface area is 311 Å². The molecule has 54 heavy (non-hydrogen) atoms. The van der Waals surface area contributed by atoms with E-state index in [9.17, 15) is 0 Å².